The molecule has 25 heavy (non-hydrogen) atoms. The molecule has 0 bridgehead atoms. The lowest BCUT2D eigenvalue weighted by Gasteiger charge is -2.35. The van der Waals surface area contributed by atoms with Gasteiger partial charge in [-0.2, -0.15) is 0 Å². The topological polar surface area (TPSA) is 70.7 Å². The molecule has 1 aromatic carbocycles. The largest absolute Gasteiger partial charge is 0.461 e. The van der Waals surface area contributed by atoms with Crippen LogP contribution >= 0.6 is 0 Å². The van der Waals surface area contributed by atoms with E-state index < -0.39 is 0 Å². The lowest BCUT2D eigenvalue weighted by Crippen LogP contribution is -2.47. The molecule has 3 atom stereocenters. The summed E-state index contributed by atoms with van der Waals surface area (Å²) in [6, 6.07) is 7.43. The van der Waals surface area contributed by atoms with Gasteiger partial charge in [0.25, 0.3) is 0 Å². The summed E-state index contributed by atoms with van der Waals surface area (Å²) >= 11 is 0. The van der Waals surface area contributed by atoms with Crippen LogP contribution in [0.1, 0.15) is 31.7 Å². The third-order valence-electron chi connectivity index (χ3n) is 5.00. The van der Waals surface area contributed by atoms with Crippen LogP contribution in [0.5, 0.6) is 0 Å². The summed E-state index contributed by atoms with van der Waals surface area (Å²) in [5.41, 5.74) is 1.95. The van der Waals surface area contributed by atoms with Crippen LogP contribution in [0, 0.1) is 12.8 Å². The van der Waals surface area contributed by atoms with Gasteiger partial charge < -0.3 is 15.4 Å². The first kappa shape index (κ1) is 17.7. The molecule has 3 rings (SSSR count). The van der Waals surface area contributed by atoms with Crippen LogP contribution < -0.4 is 10.6 Å². The number of piperidine rings is 1. The Kier molecular flexibility index (Phi) is 5.58. The number of aryl methyl sites for hydroxylation is 1. The number of urea groups is 1. The van der Waals surface area contributed by atoms with Crippen LogP contribution in [0.4, 0.5) is 10.5 Å². The third kappa shape index (κ3) is 4.72. The van der Waals surface area contributed by atoms with E-state index in [0.29, 0.717) is 12.5 Å². The minimum atomic E-state index is -0.185. The van der Waals surface area contributed by atoms with Gasteiger partial charge in [0.15, 0.2) is 0 Å². The molecule has 136 valence electrons. The monoisotopic (exact) mass is 345 g/mol. The van der Waals surface area contributed by atoms with Crippen molar-refractivity contribution in [1.82, 2.24) is 10.2 Å². The average molecular weight is 345 g/mol. The molecule has 2 heterocycles. The van der Waals surface area contributed by atoms with E-state index in [9.17, 15) is 9.59 Å². The Morgan fingerprint density at radius 3 is 2.76 bits per heavy atom. The predicted molar refractivity (Wildman–Crippen MR) is 96.5 cm³/mol. The summed E-state index contributed by atoms with van der Waals surface area (Å²) in [6.45, 7) is 6.33. The van der Waals surface area contributed by atoms with Crippen molar-refractivity contribution in [1.29, 1.82) is 0 Å². The quantitative estimate of drug-likeness (QED) is 0.823. The molecule has 0 spiro atoms. The van der Waals surface area contributed by atoms with Gasteiger partial charge in [0.05, 0.1) is 0 Å². The highest BCUT2D eigenvalue weighted by Crippen LogP contribution is 2.25. The van der Waals surface area contributed by atoms with E-state index in [1.807, 2.05) is 38.1 Å². The summed E-state index contributed by atoms with van der Waals surface area (Å²) in [4.78, 5) is 26.2. The van der Waals surface area contributed by atoms with Crippen LogP contribution in [0.2, 0.25) is 0 Å². The second-order valence-electron chi connectivity index (χ2n) is 7.20. The normalized spacial score (nSPS) is 27.0. The van der Waals surface area contributed by atoms with Crippen molar-refractivity contribution in [2.24, 2.45) is 5.92 Å². The molecule has 6 nitrogen and oxygen atoms in total. The number of nitrogens with one attached hydrogen (secondary N) is 2. The van der Waals surface area contributed by atoms with Gasteiger partial charge in [0.2, 0.25) is 0 Å². The highest BCUT2D eigenvalue weighted by molar-refractivity contribution is 5.89. The van der Waals surface area contributed by atoms with E-state index in [1.165, 1.54) is 0 Å². The number of esters is 1. The Morgan fingerprint density at radius 2 is 2.08 bits per heavy atom. The predicted octanol–water partition coefficient (Wildman–Crippen LogP) is 2.53. The minimum absolute atomic E-state index is 0.0105. The van der Waals surface area contributed by atoms with Crippen LogP contribution in [0.25, 0.3) is 0 Å². The lowest BCUT2D eigenvalue weighted by molar-refractivity contribution is -0.145. The van der Waals surface area contributed by atoms with Crippen LogP contribution in [0.3, 0.4) is 0 Å². The molecule has 2 saturated heterocycles. The maximum Gasteiger partial charge on any atom is 0.323 e. The van der Waals surface area contributed by atoms with Crippen LogP contribution in [0.15, 0.2) is 24.3 Å². The van der Waals surface area contributed by atoms with Gasteiger partial charge in [-0.3, -0.25) is 9.69 Å². The van der Waals surface area contributed by atoms with Crippen molar-refractivity contribution < 1.29 is 14.3 Å². The number of nitrogens with zero attached hydrogens (tertiary/aromatic N) is 1. The van der Waals surface area contributed by atoms with Gasteiger partial charge in [-0.25, -0.2) is 4.79 Å². The van der Waals surface area contributed by atoms with Crippen LogP contribution in [-0.2, 0) is 9.53 Å². The number of likely N-dealkylation sites (tertiary alicyclic amines) is 1. The zero-order valence-corrected chi connectivity index (χ0v) is 15.0. The standard InChI is InChI=1S/C19H27N3O3/c1-13-5-7-16(8-6-13)21-19(24)20-11-15-4-3-9-22(12-15)17-10-14(2)25-18(17)23/h5-8,14-15,17H,3-4,9-12H2,1-2H3,(H2,20,21,24)/t14-,15+,17-/m1/s1. The molecule has 1 aromatic rings. The second-order valence-corrected chi connectivity index (χ2v) is 7.20. The highest BCUT2D eigenvalue weighted by Gasteiger charge is 2.38. The van der Waals surface area contributed by atoms with Gasteiger partial charge >= 0.3 is 12.0 Å². The minimum Gasteiger partial charge on any atom is -0.461 e. The van der Waals surface area contributed by atoms with Gasteiger partial charge in [-0.1, -0.05) is 17.7 Å². The van der Waals surface area contributed by atoms with Crippen molar-refractivity contribution >= 4 is 17.7 Å². The molecule has 0 aromatic heterocycles. The Hall–Kier alpha value is -2.08. The van der Waals surface area contributed by atoms with Gasteiger partial charge in [0.1, 0.15) is 12.1 Å². The van der Waals surface area contributed by atoms with Crippen molar-refractivity contribution in [3.05, 3.63) is 29.8 Å². The van der Waals surface area contributed by atoms with E-state index in [-0.39, 0.29) is 24.1 Å². The summed E-state index contributed by atoms with van der Waals surface area (Å²) in [6.07, 6.45) is 2.89. The van der Waals surface area contributed by atoms with E-state index in [2.05, 4.69) is 15.5 Å². The molecule has 2 N–H and O–H groups in total. The fourth-order valence-corrected chi connectivity index (χ4v) is 3.63. The number of amides is 2. The zero-order valence-electron chi connectivity index (χ0n) is 15.0. The average Bonchev–Trinajstić information content (AvgIpc) is 2.94. The summed E-state index contributed by atoms with van der Waals surface area (Å²) < 4.78 is 5.27. The first-order valence-electron chi connectivity index (χ1n) is 9.07. The summed E-state index contributed by atoms with van der Waals surface area (Å²) in [5.74, 6) is 0.263. The van der Waals surface area contributed by atoms with E-state index in [4.69, 9.17) is 4.74 Å². The smallest absolute Gasteiger partial charge is 0.323 e. The Balaban J connectivity index is 1.45. The fourth-order valence-electron chi connectivity index (χ4n) is 3.63. The number of benzene rings is 1. The van der Waals surface area contributed by atoms with E-state index in [0.717, 1.165) is 43.6 Å². The zero-order chi connectivity index (χ0) is 17.8. The van der Waals surface area contributed by atoms with Gasteiger partial charge in [-0.05, 0) is 51.3 Å². The molecular weight excluding hydrogens is 318 g/mol. The van der Waals surface area contributed by atoms with E-state index >= 15 is 0 Å². The molecule has 0 unspecified atom stereocenters. The highest BCUT2D eigenvalue weighted by atomic mass is 16.6. The Labute approximate surface area is 148 Å². The molecule has 0 saturated carbocycles. The number of hydrogen-bond donors (Lipinski definition) is 2. The molecular formula is C19H27N3O3. The van der Waals surface area contributed by atoms with Crippen molar-refractivity contribution in [3.63, 3.8) is 0 Å². The maximum atomic E-state index is 12.1. The fraction of sp³-hybridized carbons (Fsp3) is 0.579. The molecule has 2 aliphatic rings. The molecule has 0 radical (unpaired) electrons. The molecule has 6 heteroatoms. The van der Waals surface area contributed by atoms with Crippen molar-refractivity contribution in [2.75, 3.05) is 25.0 Å². The van der Waals surface area contributed by atoms with Crippen LogP contribution in [-0.4, -0.2) is 48.7 Å². The number of ether oxygens (including phenoxy) is 1. The number of hydrogen-bond acceptors (Lipinski definition) is 4. The summed E-state index contributed by atoms with van der Waals surface area (Å²) in [5, 5.41) is 5.80. The van der Waals surface area contributed by atoms with Gasteiger partial charge in [0, 0.05) is 25.2 Å². The molecule has 2 amide bonds. The second kappa shape index (κ2) is 7.87. The summed E-state index contributed by atoms with van der Waals surface area (Å²) in [7, 11) is 0. The Bertz CT molecular complexity index is 617. The van der Waals surface area contributed by atoms with Crippen molar-refractivity contribution in [2.45, 2.75) is 45.3 Å². The maximum absolute atomic E-state index is 12.1. The molecule has 2 aliphatic heterocycles. The third-order valence-corrected chi connectivity index (χ3v) is 5.00. The van der Waals surface area contributed by atoms with Gasteiger partial charge in [-0.15, -0.1) is 0 Å². The first-order valence-corrected chi connectivity index (χ1v) is 9.07. The number of carbonyl (C=O) groups is 2. The lowest BCUT2D eigenvalue weighted by atomic mass is 9.96. The SMILES string of the molecule is Cc1ccc(NC(=O)NC[C@@H]2CCCN([C@@H]3C[C@@H](C)OC3=O)C2)cc1. The molecule has 0 aliphatic carbocycles. The molecule has 2 fully saturated rings. The van der Waals surface area contributed by atoms with E-state index in [1.54, 1.807) is 0 Å². The number of cyclic esters (lactones) is 1. The Morgan fingerprint density at radius 1 is 1.32 bits per heavy atom. The number of rotatable bonds is 4. The first-order chi connectivity index (χ1) is 12.0. The number of carbonyl (C=O) groups excluding carboxylic acids is 2. The number of anilines is 1. The van der Waals surface area contributed by atoms with Crippen molar-refractivity contribution in [3.8, 4) is 0 Å².